The zero-order valence-corrected chi connectivity index (χ0v) is 12.8. The van der Waals surface area contributed by atoms with Crippen LogP contribution in [0.3, 0.4) is 0 Å². The van der Waals surface area contributed by atoms with E-state index in [9.17, 15) is 13.2 Å². The maximum atomic E-state index is 12.6. The maximum Gasteiger partial charge on any atom is 0.240 e. The summed E-state index contributed by atoms with van der Waals surface area (Å²) in [7, 11) is -1.39. The van der Waals surface area contributed by atoms with E-state index in [1.807, 2.05) is 0 Å². The van der Waals surface area contributed by atoms with Crippen molar-refractivity contribution in [2.75, 3.05) is 38.3 Å². The summed E-state index contributed by atoms with van der Waals surface area (Å²) < 4.78 is 28.3. The second kappa shape index (κ2) is 6.87. The molecule has 6 nitrogen and oxygen atoms in total. The van der Waals surface area contributed by atoms with E-state index >= 15 is 0 Å². The van der Waals surface area contributed by atoms with E-state index in [1.165, 1.54) is 0 Å². The molecule has 2 unspecified atom stereocenters. The normalized spacial score (nSPS) is 29.2. The molecule has 0 spiro atoms. The lowest BCUT2D eigenvalue weighted by Crippen LogP contribution is -2.53. The molecule has 0 aromatic carbocycles. The summed E-state index contributed by atoms with van der Waals surface area (Å²) in [4.78, 5) is 14.3. The van der Waals surface area contributed by atoms with E-state index < -0.39 is 9.84 Å². The van der Waals surface area contributed by atoms with E-state index in [4.69, 9.17) is 4.74 Å². The van der Waals surface area contributed by atoms with Crippen molar-refractivity contribution >= 4 is 15.7 Å². The Morgan fingerprint density at radius 2 is 2.15 bits per heavy atom. The topological polar surface area (TPSA) is 75.7 Å². The molecule has 2 aliphatic heterocycles. The number of nitrogens with one attached hydrogen (secondary N) is 1. The van der Waals surface area contributed by atoms with E-state index in [0.717, 1.165) is 25.8 Å². The molecule has 1 amide bonds. The van der Waals surface area contributed by atoms with Gasteiger partial charge in [-0.15, -0.1) is 0 Å². The standard InChI is InChI=1S/C13H24N2O4S/c1-19-8-7-15(11-5-9-20(17,18)10-11)13(16)12-4-2-3-6-14-12/h11-12,14H,2-10H2,1H3. The largest absolute Gasteiger partial charge is 0.383 e. The van der Waals surface area contributed by atoms with Crippen LogP contribution in [0.4, 0.5) is 0 Å². The third kappa shape index (κ3) is 3.93. The molecule has 20 heavy (non-hydrogen) atoms. The number of sulfone groups is 1. The molecule has 0 saturated carbocycles. The van der Waals surface area contributed by atoms with Crippen LogP contribution in [0.5, 0.6) is 0 Å². The number of ether oxygens (including phenoxy) is 1. The first-order valence-corrected chi connectivity index (χ1v) is 9.09. The number of amides is 1. The van der Waals surface area contributed by atoms with Gasteiger partial charge < -0.3 is 15.0 Å². The zero-order valence-electron chi connectivity index (χ0n) is 12.0. The van der Waals surface area contributed by atoms with Crippen LogP contribution in [-0.2, 0) is 19.4 Å². The van der Waals surface area contributed by atoms with Gasteiger partial charge in [0.2, 0.25) is 5.91 Å². The molecule has 2 aliphatic rings. The number of rotatable bonds is 5. The van der Waals surface area contributed by atoms with Crippen molar-refractivity contribution in [3.8, 4) is 0 Å². The van der Waals surface area contributed by atoms with Crippen LogP contribution in [0.2, 0.25) is 0 Å². The van der Waals surface area contributed by atoms with Crippen LogP contribution in [-0.4, -0.2) is 69.6 Å². The van der Waals surface area contributed by atoms with Crippen molar-refractivity contribution < 1.29 is 17.9 Å². The number of methoxy groups -OCH3 is 1. The number of hydrogen-bond donors (Lipinski definition) is 1. The van der Waals surface area contributed by atoms with Gasteiger partial charge in [0.15, 0.2) is 9.84 Å². The summed E-state index contributed by atoms with van der Waals surface area (Å²) in [5.74, 6) is 0.311. The minimum atomic E-state index is -2.98. The quantitative estimate of drug-likeness (QED) is 0.761. The SMILES string of the molecule is COCCN(C(=O)C1CCCCN1)C1CCS(=O)(=O)C1. The molecule has 0 aliphatic carbocycles. The van der Waals surface area contributed by atoms with Gasteiger partial charge >= 0.3 is 0 Å². The predicted octanol–water partition coefficient (Wildman–Crippen LogP) is -0.209. The highest BCUT2D eigenvalue weighted by Crippen LogP contribution is 2.20. The summed E-state index contributed by atoms with van der Waals surface area (Å²) in [5, 5.41) is 3.24. The van der Waals surface area contributed by atoms with Crippen LogP contribution < -0.4 is 5.32 Å². The highest BCUT2D eigenvalue weighted by Gasteiger charge is 2.36. The Bertz CT molecular complexity index is 432. The van der Waals surface area contributed by atoms with Gasteiger partial charge in [-0.2, -0.15) is 0 Å². The Kier molecular flexibility index (Phi) is 5.40. The maximum absolute atomic E-state index is 12.6. The van der Waals surface area contributed by atoms with Gasteiger partial charge in [-0.1, -0.05) is 6.42 Å². The molecule has 116 valence electrons. The molecule has 1 N–H and O–H groups in total. The molecule has 7 heteroatoms. The molecule has 2 fully saturated rings. The Morgan fingerprint density at radius 3 is 2.70 bits per heavy atom. The number of hydrogen-bond acceptors (Lipinski definition) is 5. The highest BCUT2D eigenvalue weighted by molar-refractivity contribution is 7.91. The first-order valence-electron chi connectivity index (χ1n) is 7.27. The van der Waals surface area contributed by atoms with Gasteiger partial charge in [0.25, 0.3) is 0 Å². The van der Waals surface area contributed by atoms with Gasteiger partial charge in [0.1, 0.15) is 0 Å². The average Bonchev–Trinajstić information content (AvgIpc) is 2.80. The first-order chi connectivity index (χ1) is 9.53. The minimum Gasteiger partial charge on any atom is -0.383 e. The summed E-state index contributed by atoms with van der Waals surface area (Å²) in [6, 6.07) is -0.352. The number of nitrogens with zero attached hydrogens (tertiary/aromatic N) is 1. The third-order valence-electron chi connectivity index (χ3n) is 4.08. The summed E-state index contributed by atoms with van der Waals surface area (Å²) >= 11 is 0. The number of carbonyl (C=O) groups is 1. The Hall–Kier alpha value is -0.660. The van der Waals surface area contributed by atoms with Crippen LogP contribution in [0.15, 0.2) is 0 Å². The molecule has 2 atom stereocenters. The molecule has 2 saturated heterocycles. The molecule has 2 rings (SSSR count). The highest BCUT2D eigenvalue weighted by atomic mass is 32.2. The number of piperidine rings is 1. The van der Waals surface area contributed by atoms with Crippen LogP contribution in [0.1, 0.15) is 25.7 Å². The van der Waals surface area contributed by atoms with E-state index in [2.05, 4.69) is 5.32 Å². The molecule has 2 heterocycles. The molecule has 0 aromatic rings. The van der Waals surface area contributed by atoms with E-state index in [1.54, 1.807) is 12.0 Å². The van der Waals surface area contributed by atoms with Crippen molar-refractivity contribution in [1.82, 2.24) is 10.2 Å². The van der Waals surface area contributed by atoms with Gasteiger partial charge in [-0.25, -0.2) is 8.42 Å². The predicted molar refractivity (Wildman–Crippen MR) is 76.3 cm³/mol. The minimum absolute atomic E-state index is 0.0313. The van der Waals surface area contributed by atoms with Crippen molar-refractivity contribution in [1.29, 1.82) is 0 Å². The van der Waals surface area contributed by atoms with Gasteiger partial charge in [0, 0.05) is 19.7 Å². The monoisotopic (exact) mass is 304 g/mol. The summed E-state index contributed by atoms with van der Waals surface area (Å²) in [5.41, 5.74) is 0. The van der Waals surface area contributed by atoms with E-state index in [-0.39, 0.29) is 29.5 Å². The lowest BCUT2D eigenvalue weighted by molar-refractivity contribution is -0.136. The Labute approximate surface area is 120 Å². The first kappa shape index (κ1) is 15.7. The van der Waals surface area contributed by atoms with Crippen molar-refractivity contribution in [2.45, 2.75) is 37.8 Å². The van der Waals surface area contributed by atoms with Crippen LogP contribution >= 0.6 is 0 Å². The fraction of sp³-hybridized carbons (Fsp3) is 0.923. The Morgan fingerprint density at radius 1 is 1.35 bits per heavy atom. The van der Waals surface area contributed by atoms with Crippen LogP contribution in [0.25, 0.3) is 0 Å². The van der Waals surface area contributed by atoms with Gasteiger partial charge in [-0.3, -0.25) is 4.79 Å². The second-order valence-corrected chi connectivity index (χ2v) is 7.81. The average molecular weight is 304 g/mol. The zero-order chi connectivity index (χ0) is 14.6. The lowest BCUT2D eigenvalue weighted by Gasteiger charge is -2.33. The molecule has 0 bridgehead atoms. The molecular formula is C13H24N2O4S. The second-order valence-electron chi connectivity index (χ2n) is 5.58. The van der Waals surface area contributed by atoms with E-state index in [0.29, 0.717) is 19.6 Å². The lowest BCUT2D eigenvalue weighted by atomic mass is 10.0. The van der Waals surface area contributed by atoms with Gasteiger partial charge in [0.05, 0.1) is 24.2 Å². The fourth-order valence-electron chi connectivity index (χ4n) is 2.95. The fourth-order valence-corrected chi connectivity index (χ4v) is 4.68. The number of carbonyl (C=O) groups excluding carboxylic acids is 1. The van der Waals surface area contributed by atoms with Crippen LogP contribution in [0, 0.1) is 0 Å². The summed E-state index contributed by atoms with van der Waals surface area (Å²) in [6.45, 7) is 1.76. The Balaban J connectivity index is 2.04. The van der Waals surface area contributed by atoms with Crippen molar-refractivity contribution in [3.63, 3.8) is 0 Å². The third-order valence-corrected chi connectivity index (χ3v) is 5.83. The smallest absolute Gasteiger partial charge is 0.240 e. The molecule has 0 aromatic heterocycles. The summed E-state index contributed by atoms with van der Waals surface area (Å²) in [6.07, 6.45) is 3.52. The van der Waals surface area contributed by atoms with Crippen molar-refractivity contribution in [3.05, 3.63) is 0 Å². The van der Waals surface area contributed by atoms with Gasteiger partial charge in [-0.05, 0) is 25.8 Å². The van der Waals surface area contributed by atoms with Crippen molar-refractivity contribution in [2.24, 2.45) is 0 Å². The molecular weight excluding hydrogens is 280 g/mol. The molecule has 0 radical (unpaired) electrons.